The zero-order valence-corrected chi connectivity index (χ0v) is 15.1. The maximum Gasteiger partial charge on any atom is 0.248 e. The minimum atomic E-state index is -0.546. The number of hydrogen-bond acceptors (Lipinski definition) is 4. The monoisotopic (exact) mass is 357 g/mol. The Morgan fingerprint density at radius 2 is 1.96 bits per heavy atom. The highest BCUT2D eigenvalue weighted by Crippen LogP contribution is 2.52. The second-order valence-corrected chi connectivity index (χ2v) is 8.38. The summed E-state index contributed by atoms with van der Waals surface area (Å²) in [5, 5.41) is 12.4. The number of nitrogens with one attached hydrogen (secondary N) is 2. The van der Waals surface area contributed by atoms with Crippen LogP contribution in [0.15, 0.2) is 30.3 Å². The number of hydroxylamine groups is 1. The Hall–Kier alpha value is -1.92. The summed E-state index contributed by atoms with van der Waals surface area (Å²) in [6, 6.07) is 9.76. The van der Waals surface area contributed by atoms with Gasteiger partial charge >= 0.3 is 0 Å². The van der Waals surface area contributed by atoms with Gasteiger partial charge < -0.3 is 10.2 Å². The molecule has 0 radical (unpaired) electrons. The number of likely N-dealkylation sites (tertiary alicyclic amines) is 1. The summed E-state index contributed by atoms with van der Waals surface area (Å²) in [7, 11) is 0. The normalized spacial score (nSPS) is 32.5. The van der Waals surface area contributed by atoms with Crippen molar-refractivity contribution in [3.63, 3.8) is 0 Å². The molecule has 2 saturated heterocycles. The van der Waals surface area contributed by atoms with E-state index >= 15 is 0 Å². The lowest BCUT2D eigenvalue weighted by atomic mass is 9.81. The molecule has 3 aliphatic rings. The highest BCUT2D eigenvalue weighted by molar-refractivity contribution is 5.90. The molecule has 1 aromatic rings. The predicted octanol–water partition coefficient (Wildman–Crippen LogP) is 1.51. The summed E-state index contributed by atoms with van der Waals surface area (Å²) in [5.74, 6) is -0.267. The highest BCUT2D eigenvalue weighted by atomic mass is 16.5. The predicted molar refractivity (Wildman–Crippen MR) is 96.4 cm³/mol. The lowest BCUT2D eigenvalue weighted by molar-refractivity contribution is -0.144. The Bertz CT molecular complexity index is 689. The smallest absolute Gasteiger partial charge is 0.248 e. The molecule has 3 N–H and O–H groups in total. The van der Waals surface area contributed by atoms with Crippen LogP contribution in [0.25, 0.3) is 0 Å². The average molecular weight is 357 g/mol. The highest BCUT2D eigenvalue weighted by Gasteiger charge is 2.53. The van der Waals surface area contributed by atoms with Gasteiger partial charge in [0.15, 0.2) is 0 Å². The first kappa shape index (κ1) is 17.5. The van der Waals surface area contributed by atoms with Crippen molar-refractivity contribution in [3.8, 4) is 0 Å². The third kappa shape index (κ3) is 3.12. The van der Waals surface area contributed by atoms with Crippen molar-refractivity contribution in [2.45, 2.75) is 38.1 Å². The van der Waals surface area contributed by atoms with E-state index in [-0.39, 0.29) is 11.3 Å². The Labute approximate surface area is 153 Å². The molecular formula is C20H27N3O3. The van der Waals surface area contributed by atoms with Gasteiger partial charge in [0.2, 0.25) is 11.8 Å². The van der Waals surface area contributed by atoms with Gasteiger partial charge in [0.05, 0.1) is 12.0 Å². The van der Waals surface area contributed by atoms with E-state index in [1.54, 1.807) is 5.48 Å². The Kier molecular flexibility index (Phi) is 4.49. The summed E-state index contributed by atoms with van der Waals surface area (Å²) < 4.78 is 0. The molecule has 6 nitrogen and oxygen atoms in total. The number of carbonyl (C=O) groups excluding carboxylic acids is 2. The van der Waals surface area contributed by atoms with Crippen molar-refractivity contribution in [2.75, 3.05) is 19.6 Å². The summed E-state index contributed by atoms with van der Waals surface area (Å²) in [5.41, 5.74) is 3.18. The van der Waals surface area contributed by atoms with Crippen LogP contribution in [0.2, 0.25) is 0 Å². The number of benzene rings is 1. The molecule has 2 amide bonds. The van der Waals surface area contributed by atoms with Crippen LogP contribution >= 0.6 is 0 Å². The van der Waals surface area contributed by atoms with Gasteiger partial charge in [-0.15, -0.1) is 0 Å². The minimum Gasteiger partial charge on any atom is -0.340 e. The van der Waals surface area contributed by atoms with Crippen LogP contribution < -0.4 is 10.8 Å². The number of carbonyl (C=O) groups is 2. The lowest BCUT2D eigenvalue weighted by Crippen LogP contribution is -2.58. The van der Waals surface area contributed by atoms with Crippen molar-refractivity contribution in [2.24, 2.45) is 17.3 Å². The summed E-state index contributed by atoms with van der Waals surface area (Å²) >= 11 is 0. The number of nitrogens with zero attached hydrogens (tertiary/aromatic N) is 1. The first-order chi connectivity index (χ1) is 12.5. The molecule has 1 saturated carbocycles. The van der Waals surface area contributed by atoms with Gasteiger partial charge in [-0.05, 0) is 36.2 Å². The van der Waals surface area contributed by atoms with Gasteiger partial charge in [0.25, 0.3) is 0 Å². The molecule has 0 bridgehead atoms. The third-order valence-corrected chi connectivity index (χ3v) is 6.57. The van der Waals surface area contributed by atoms with Crippen molar-refractivity contribution in [1.82, 2.24) is 15.7 Å². The summed E-state index contributed by atoms with van der Waals surface area (Å²) in [6.07, 6.45) is 2.86. The van der Waals surface area contributed by atoms with E-state index < -0.39 is 17.9 Å². The van der Waals surface area contributed by atoms with Crippen LogP contribution in [0.1, 0.15) is 37.7 Å². The number of rotatable bonds is 3. The van der Waals surface area contributed by atoms with Gasteiger partial charge in [-0.1, -0.05) is 37.3 Å². The second-order valence-electron chi connectivity index (χ2n) is 8.38. The van der Waals surface area contributed by atoms with E-state index in [9.17, 15) is 9.59 Å². The Morgan fingerprint density at radius 3 is 2.62 bits per heavy atom. The third-order valence-electron chi connectivity index (χ3n) is 6.57. The SMILES string of the molecule is C[C@H]1CN(C(=O)[C@H]2NCC3(CC3)C[C@@H]2C(=O)NO)CC1c1ccccc1. The molecule has 6 heteroatoms. The molecule has 1 unspecified atom stereocenters. The molecule has 4 atom stereocenters. The van der Waals surface area contributed by atoms with Gasteiger partial charge in [0.1, 0.15) is 0 Å². The second kappa shape index (κ2) is 6.67. The molecule has 3 fully saturated rings. The average Bonchev–Trinajstić information content (AvgIpc) is 3.30. The van der Waals surface area contributed by atoms with Gasteiger partial charge in [-0.2, -0.15) is 0 Å². The molecule has 1 aliphatic carbocycles. The molecular weight excluding hydrogens is 330 g/mol. The van der Waals surface area contributed by atoms with E-state index in [0.29, 0.717) is 31.3 Å². The fourth-order valence-electron chi connectivity index (χ4n) is 4.75. The van der Waals surface area contributed by atoms with E-state index in [2.05, 4.69) is 24.4 Å². The maximum atomic E-state index is 13.2. The molecule has 0 aromatic heterocycles. The summed E-state index contributed by atoms with van der Waals surface area (Å²) in [6.45, 7) is 4.34. The Balaban J connectivity index is 1.49. The van der Waals surface area contributed by atoms with Crippen molar-refractivity contribution >= 4 is 11.8 Å². The fourth-order valence-corrected chi connectivity index (χ4v) is 4.75. The molecule has 2 aliphatic heterocycles. The molecule has 1 aromatic carbocycles. The quantitative estimate of drug-likeness (QED) is 0.566. The van der Waals surface area contributed by atoms with Crippen molar-refractivity contribution in [1.29, 1.82) is 0 Å². The van der Waals surface area contributed by atoms with E-state index in [4.69, 9.17) is 5.21 Å². The largest absolute Gasteiger partial charge is 0.340 e. The van der Waals surface area contributed by atoms with E-state index in [0.717, 1.165) is 19.4 Å². The van der Waals surface area contributed by atoms with Crippen LogP contribution in [0.5, 0.6) is 0 Å². The minimum absolute atomic E-state index is 0.0145. The standard InChI is InChI=1S/C20H27N3O3/c1-13-10-23(11-16(13)14-5-3-2-4-6-14)19(25)17-15(18(24)22-26)9-20(7-8-20)12-21-17/h2-6,13,15-17,21,26H,7-12H2,1H3,(H,22,24)/t13-,15-,16?,17-/m0/s1. The van der Waals surface area contributed by atoms with Crippen LogP contribution in [-0.4, -0.2) is 47.6 Å². The molecule has 1 spiro atoms. The lowest BCUT2D eigenvalue weighted by Gasteiger charge is -2.37. The van der Waals surface area contributed by atoms with E-state index in [1.165, 1.54) is 5.56 Å². The van der Waals surface area contributed by atoms with Crippen LogP contribution in [0, 0.1) is 17.3 Å². The van der Waals surface area contributed by atoms with Crippen LogP contribution in [0.4, 0.5) is 0 Å². The molecule has 4 rings (SSSR count). The topological polar surface area (TPSA) is 81.7 Å². The fraction of sp³-hybridized carbons (Fsp3) is 0.600. The van der Waals surface area contributed by atoms with Crippen LogP contribution in [0.3, 0.4) is 0 Å². The van der Waals surface area contributed by atoms with Gasteiger partial charge in [0, 0.05) is 25.6 Å². The van der Waals surface area contributed by atoms with Gasteiger partial charge in [-0.25, -0.2) is 5.48 Å². The molecule has 140 valence electrons. The number of amides is 2. The first-order valence-corrected chi connectivity index (χ1v) is 9.54. The van der Waals surface area contributed by atoms with Crippen molar-refractivity contribution < 1.29 is 14.8 Å². The summed E-state index contributed by atoms with van der Waals surface area (Å²) in [4.78, 5) is 27.3. The van der Waals surface area contributed by atoms with Crippen molar-refractivity contribution in [3.05, 3.63) is 35.9 Å². The zero-order chi connectivity index (χ0) is 18.3. The molecule has 26 heavy (non-hydrogen) atoms. The number of hydrogen-bond donors (Lipinski definition) is 3. The number of piperidine rings is 1. The molecule has 2 heterocycles. The first-order valence-electron chi connectivity index (χ1n) is 9.54. The van der Waals surface area contributed by atoms with Crippen LogP contribution in [-0.2, 0) is 9.59 Å². The maximum absolute atomic E-state index is 13.2. The Morgan fingerprint density at radius 1 is 1.23 bits per heavy atom. The van der Waals surface area contributed by atoms with E-state index in [1.807, 2.05) is 23.1 Å². The zero-order valence-electron chi connectivity index (χ0n) is 15.1. The van der Waals surface area contributed by atoms with Gasteiger partial charge in [-0.3, -0.25) is 14.8 Å².